The molecule has 0 saturated heterocycles. The predicted octanol–water partition coefficient (Wildman–Crippen LogP) is 1.23. The van der Waals surface area contributed by atoms with Crippen LogP contribution in [0.3, 0.4) is 0 Å². The summed E-state index contributed by atoms with van der Waals surface area (Å²) in [5, 5.41) is 17.4. The Morgan fingerprint density at radius 2 is 1.57 bits per heavy atom. The number of rotatable bonds is 12. The van der Waals surface area contributed by atoms with Gasteiger partial charge in [-0.05, 0) is 11.1 Å². The Morgan fingerprint density at radius 1 is 1.00 bits per heavy atom. The van der Waals surface area contributed by atoms with E-state index >= 15 is 0 Å². The largest absolute Gasteiger partial charge is 0.394 e. The molecule has 0 saturated carbocycles. The maximum absolute atomic E-state index is 8.71. The van der Waals surface area contributed by atoms with E-state index in [2.05, 4.69) is 6.58 Å². The van der Waals surface area contributed by atoms with Crippen molar-refractivity contribution in [3.63, 3.8) is 0 Å². The molecule has 0 aliphatic carbocycles. The molecule has 0 aliphatic heterocycles. The second-order valence-corrected chi connectivity index (χ2v) is 4.48. The minimum atomic E-state index is -0.234. The van der Waals surface area contributed by atoms with Crippen molar-refractivity contribution in [1.29, 1.82) is 0 Å². The van der Waals surface area contributed by atoms with E-state index in [-0.39, 0.29) is 32.5 Å². The van der Waals surface area contributed by atoms with Crippen molar-refractivity contribution >= 4 is 6.08 Å². The second-order valence-electron chi connectivity index (χ2n) is 4.48. The molecule has 0 atom stereocenters. The maximum atomic E-state index is 8.71. The van der Waals surface area contributed by atoms with Gasteiger partial charge in [0.25, 0.3) is 0 Å². The third-order valence-corrected chi connectivity index (χ3v) is 2.78. The average molecular weight is 296 g/mol. The van der Waals surface area contributed by atoms with Crippen molar-refractivity contribution < 1.29 is 24.4 Å². The van der Waals surface area contributed by atoms with Crippen LogP contribution in [0.4, 0.5) is 0 Å². The summed E-state index contributed by atoms with van der Waals surface area (Å²) in [5.74, 6) is 0. The van der Waals surface area contributed by atoms with E-state index in [0.29, 0.717) is 19.8 Å². The first-order valence-corrected chi connectivity index (χ1v) is 7.00. The molecule has 0 amide bonds. The van der Waals surface area contributed by atoms with E-state index in [1.807, 2.05) is 24.3 Å². The third kappa shape index (κ3) is 7.94. The summed E-state index contributed by atoms with van der Waals surface area (Å²) < 4.78 is 16.3. The molecule has 0 heterocycles. The SMILES string of the molecule is C=Cc1ccc(COC(COCCO)COCCO)cc1. The van der Waals surface area contributed by atoms with E-state index in [1.165, 1.54) is 0 Å². The van der Waals surface area contributed by atoms with Gasteiger partial charge < -0.3 is 24.4 Å². The van der Waals surface area contributed by atoms with Crippen LogP contribution in [0.2, 0.25) is 0 Å². The minimum absolute atomic E-state index is 0.0206. The Labute approximate surface area is 125 Å². The Hall–Kier alpha value is -1.24. The lowest BCUT2D eigenvalue weighted by Crippen LogP contribution is -2.27. The second kappa shape index (κ2) is 11.4. The van der Waals surface area contributed by atoms with Crippen LogP contribution in [0.15, 0.2) is 30.8 Å². The van der Waals surface area contributed by atoms with Crippen molar-refractivity contribution in [3.8, 4) is 0 Å². The van der Waals surface area contributed by atoms with Crippen LogP contribution >= 0.6 is 0 Å². The van der Waals surface area contributed by atoms with Gasteiger partial charge >= 0.3 is 0 Å². The molecule has 1 aromatic rings. The highest BCUT2D eigenvalue weighted by atomic mass is 16.6. The monoisotopic (exact) mass is 296 g/mol. The molecule has 21 heavy (non-hydrogen) atoms. The van der Waals surface area contributed by atoms with Gasteiger partial charge in [0.05, 0.1) is 46.2 Å². The fourth-order valence-electron chi connectivity index (χ4n) is 1.67. The summed E-state index contributed by atoms with van der Waals surface area (Å²) >= 11 is 0. The molecule has 1 aromatic carbocycles. The van der Waals surface area contributed by atoms with E-state index in [0.717, 1.165) is 11.1 Å². The number of hydrogen-bond donors (Lipinski definition) is 2. The maximum Gasteiger partial charge on any atom is 0.105 e. The molecule has 0 aliphatic rings. The highest BCUT2D eigenvalue weighted by molar-refractivity contribution is 5.47. The fourth-order valence-corrected chi connectivity index (χ4v) is 1.67. The van der Waals surface area contributed by atoms with Crippen LogP contribution in [-0.4, -0.2) is 56.0 Å². The van der Waals surface area contributed by atoms with Crippen LogP contribution in [-0.2, 0) is 20.8 Å². The normalized spacial score (nSPS) is 11.0. The Balaban J connectivity index is 2.39. The topological polar surface area (TPSA) is 68.2 Å². The Morgan fingerprint density at radius 3 is 2.05 bits per heavy atom. The number of aliphatic hydroxyl groups is 2. The molecule has 0 spiro atoms. The predicted molar refractivity (Wildman–Crippen MR) is 80.9 cm³/mol. The zero-order valence-corrected chi connectivity index (χ0v) is 12.2. The zero-order valence-electron chi connectivity index (χ0n) is 12.2. The molecule has 0 bridgehead atoms. The minimum Gasteiger partial charge on any atom is -0.394 e. The standard InChI is InChI=1S/C16H24O5/c1-2-14-3-5-15(6-4-14)11-21-16(12-19-9-7-17)13-20-10-8-18/h2-6,16-18H,1,7-13H2. The zero-order chi connectivity index (χ0) is 15.3. The van der Waals surface area contributed by atoms with Gasteiger partial charge in [0.1, 0.15) is 6.10 Å². The van der Waals surface area contributed by atoms with Crippen molar-refractivity contribution in [3.05, 3.63) is 42.0 Å². The van der Waals surface area contributed by atoms with E-state index in [9.17, 15) is 0 Å². The molecule has 0 unspecified atom stereocenters. The van der Waals surface area contributed by atoms with Gasteiger partial charge in [0, 0.05) is 0 Å². The van der Waals surface area contributed by atoms with Crippen molar-refractivity contribution in [2.45, 2.75) is 12.7 Å². The summed E-state index contributed by atoms with van der Waals surface area (Å²) in [6, 6.07) is 7.92. The Bertz CT molecular complexity index is 367. The van der Waals surface area contributed by atoms with Gasteiger partial charge in [-0.25, -0.2) is 0 Å². The van der Waals surface area contributed by atoms with Crippen molar-refractivity contribution in [2.75, 3.05) is 39.6 Å². The lowest BCUT2D eigenvalue weighted by atomic mass is 10.1. The molecule has 0 radical (unpaired) electrons. The molecular formula is C16H24O5. The summed E-state index contributed by atoms with van der Waals surface area (Å²) in [6.45, 7) is 5.35. The van der Waals surface area contributed by atoms with E-state index in [1.54, 1.807) is 6.08 Å². The van der Waals surface area contributed by atoms with Gasteiger partial charge in [-0.2, -0.15) is 0 Å². The van der Waals surface area contributed by atoms with Crippen LogP contribution < -0.4 is 0 Å². The summed E-state index contributed by atoms with van der Waals surface area (Å²) in [6.07, 6.45) is 1.56. The van der Waals surface area contributed by atoms with Gasteiger partial charge in [0.15, 0.2) is 0 Å². The Kier molecular flexibility index (Phi) is 9.69. The molecular weight excluding hydrogens is 272 g/mol. The summed E-state index contributed by atoms with van der Waals surface area (Å²) in [5.41, 5.74) is 2.11. The van der Waals surface area contributed by atoms with Gasteiger partial charge in [0.2, 0.25) is 0 Å². The average Bonchev–Trinajstić information content (AvgIpc) is 2.53. The third-order valence-electron chi connectivity index (χ3n) is 2.78. The fraction of sp³-hybridized carbons (Fsp3) is 0.500. The van der Waals surface area contributed by atoms with Crippen LogP contribution in [0, 0.1) is 0 Å². The highest BCUT2D eigenvalue weighted by Gasteiger charge is 2.10. The first-order valence-electron chi connectivity index (χ1n) is 7.00. The van der Waals surface area contributed by atoms with Gasteiger partial charge in [-0.15, -0.1) is 0 Å². The van der Waals surface area contributed by atoms with Gasteiger partial charge in [-0.1, -0.05) is 36.9 Å². The molecule has 5 nitrogen and oxygen atoms in total. The van der Waals surface area contributed by atoms with Crippen molar-refractivity contribution in [2.24, 2.45) is 0 Å². The molecule has 0 fully saturated rings. The number of hydrogen-bond acceptors (Lipinski definition) is 5. The highest BCUT2D eigenvalue weighted by Crippen LogP contribution is 2.08. The number of aliphatic hydroxyl groups excluding tert-OH is 2. The van der Waals surface area contributed by atoms with Crippen molar-refractivity contribution in [1.82, 2.24) is 0 Å². The molecule has 2 N–H and O–H groups in total. The lowest BCUT2D eigenvalue weighted by Gasteiger charge is -2.18. The number of ether oxygens (including phenoxy) is 3. The summed E-state index contributed by atoms with van der Waals surface area (Å²) in [7, 11) is 0. The first-order chi connectivity index (χ1) is 10.3. The quantitative estimate of drug-likeness (QED) is 0.568. The van der Waals surface area contributed by atoms with E-state index < -0.39 is 0 Å². The smallest absolute Gasteiger partial charge is 0.105 e. The molecule has 118 valence electrons. The van der Waals surface area contributed by atoms with Crippen LogP contribution in [0.5, 0.6) is 0 Å². The molecule has 5 heteroatoms. The van der Waals surface area contributed by atoms with Gasteiger partial charge in [-0.3, -0.25) is 0 Å². The number of benzene rings is 1. The molecule has 1 rings (SSSR count). The lowest BCUT2D eigenvalue weighted by molar-refractivity contribution is -0.0731. The molecule has 0 aromatic heterocycles. The summed E-state index contributed by atoms with van der Waals surface area (Å²) in [4.78, 5) is 0. The van der Waals surface area contributed by atoms with E-state index in [4.69, 9.17) is 24.4 Å². The van der Waals surface area contributed by atoms with Crippen LogP contribution in [0.25, 0.3) is 6.08 Å². The van der Waals surface area contributed by atoms with Crippen LogP contribution in [0.1, 0.15) is 11.1 Å². The first kappa shape index (κ1) is 17.8.